The molecule has 0 saturated heterocycles. The standard InChI is InChI=1S/C12H9BrClIN2O/c1-2-9-10(15)12(18)17-11(16-9)6-3-4-7(13)8(14)5-6/h3-5H,2H2,1H3,(H,16,17,18). The number of aromatic amines is 1. The van der Waals surface area contributed by atoms with Crippen LogP contribution in [0.5, 0.6) is 0 Å². The monoisotopic (exact) mass is 438 g/mol. The molecule has 1 N–H and O–H groups in total. The summed E-state index contributed by atoms with van der Waals surface area (Å²) < 4.78 is 1.46. The number of aryl methyl sites for hydroxylation is 1. The second-order valence-electron chi connectivity index (χ2n) is 3.66. The Morgan fingerprint density at radius 3 is 2.83 bits per heavy atom. The highest BCUT2D eigenvalue weighted by Crippen LogP contribution is 2.27. The molecule has 0 spiro atoms. The highest BCUT2D eigenvalue weighted by molar-refractivity contribution is 14.1. The highest BCUT2D eigenvalue weighted by Gasteiger charge is 2.09. The van der Waals surface area contributed by atoms with Gasteiger partial charge in [0.25, 0.3) is 5.56 Å². The molecular formula is C12H9BrClIN2O. The smallest absolute Gasteiger partial charge is 0.264 e. The van der Waals surface area contributed by atoms with Gasteiger partial charge in [-0.3, -0.25) is 4.79 Å². The quantitative estimate of drug-likeness (QED) is 0.719. The molecule has 0 bridgehead atoms. The van der Waals surface area contributed by atoms with E-state index in [1.54, 1.807) is 6.07 Å². The fourth-order valence-electron chi connectivity index (χ4n) is 1.52. The average Bonchev–Trinajstić information content (AvgIpc) is 2.36. The van der Waals surface area contributed by atoms with Crippen molar-refractivity contribution in [2.45, 2.75) is 13.3 Å². The van der Waals surface area contributed by atoms with Crippen LogP contribution in [0.2, 0.25) is 5.02 Å². The molecule has 0 unspecified atom stereocenters. The molecule has 6 heteroatoms. The molecule has 0 aliphatic carbocycles. The van der Waals surface area contributed by atoms with Crippen molar-refractivity contribution in [2.24, 2.45) is 0 Å². The van der Waals surface area contributed by atoms with E-state index in [0.717, 1.165) is 22.2 Å². The summed E-state index contributed by atoms with van der Waals surface area (Å²) in [5.41, 5.74) is 1.48. The molecule has 0 amide bonds. The number of rotatable bonds is 2. The predicted octanol–water partition coefficient (Wildman–Crippen LogP) is 4.02. The van der Waals surface area contributed by atoms with E-state index < -0.39 is 0 Å². The van der Waals surface area contributed by atoms with Crippen LogP contribution in [0.1, 0.15) is 12.6 Å². The first-order valence-electron chi connectivity index (χ1n) is 5.27. The van der Waals surface area contributed by atoms with Gasteiger partial charge in [-0.15, -0.1) is 0 Å². The molecule has 18 heavy (non-hydrogen) atoms. The maximum Gasteiger partial charge on any atom is 0.264 e. The normalized spacial score (nSPS) is 10.7. The summed E-state index contributed by atoms with van der Waals surface area (Å²) in [4.78, 5) is 19.0. The highest BCUT2D eigenvalue weighted by atomic mass is 127. The zero-order chi connectivity index (χ0) is 13.3. The number of H-pyrrole nitrogens is 1. The van der Waals surface area contributed by atoms with E-state index in [-0.39, 0.29) is 5.56 Å². The molecule has 2 rings (SSSR count). The third-order valence-electron chi connectivity index (χ3n) is 2.46. The number of benzene rings is 1. The minimum absolute atomic E-state index is 0.114. The van der Waals surface area contributed by atoms with E-state index in [1.165, 1.54) is 0 Å². The van der Waals surface area contributed by atoms with Gasteiger partial charge in [-0.25, -0.2) is 4.98 Å². The number of hydrogen-bond acceptors (Lipinski definition) is 2. The van der Waals surface area contributed by atoms with Gasteiger partial charge in [0.15, 0.2) is 0 Å². The summed E-state index contributed by atoms with van der Waals surface area (Å²) >= 11 is 11.4. The van der Waals surface area contributed by atoms with Crippen LogP contribution in [0.25, 0.3) is 11.4 Å². The molecule has 0 fully saturated rings. The average molecular weight is 439 g/mol. The summed E-state index contributed by atoms with van der Waals surface area (Å²) in [6.07, 6.45) is 0.722. The van der Waals surface area contributed by atoms with Crippen LogP contribution in [0.15, 0.2) is 27.5 Å². The second kappa shape index (κ2) is 5.71. The molecule has 0 aliphatic rings. The molecule has 1 aromatic carbocycles. The minimum atomic E-state index is -0.114. The van der Waals surface area contributed by atoms with Gasteiger partial charge in [0.1, 0.15) is 5.82 Å². The maximum absolute atomic E-state index is 11.8. The van der Waals surface area contributed by atoms with Crippen molar-refractivity contribution in [3.63, 3.8) is 0 Å². The van der Waals surface area contributed by atoms with Gasteiger partial charge in [0.2, 0.25) is 0 Å². The Hall–Kier alpha value is -0.400. The topological polar surface area (TPSA) is 45.8 Å². The number of nitrogens with one attached hydrogen (secondary N) is 1. The predicted molar refractivity (Wildman–Crippen MR) is 85.1 cm³/mol. The van der Waals surface area contributed by atoms with E-state index in [9.17, 15) is 4.79 Å². The number of halogens is 3. The molecule has 0 radical (unpaired) electrons. The summed E-state index contributed by atoms with van der Waals surface area (Å²) in [7, 11) is 0. The third-order valence-corrected chi connectivity index (χ3v) is 4.80. The SMILES string of the molecule is CCc1nc(-c2ccc(Br)c(Cl)c2)[nH]c(=O)c1I. The first-order valence-corrected chi connectivity index (χ1v) is 7.52. The molecule has 3 nitrogen and oxygen atoms in total. The van der Waals surface area contributed by atoms with Crippen molar-refractivity contribution in [3.05, 3.63) is 47.3 Å². The third kappa shape index (κ3) is 2.78. The fraction of sp³-hybridized carbons (Fsp3) is 0.167. The molecule has 0 atom stereocenters. The van der Waals surface area contributed by atoms with Crippen molar-refractivity contribution >= 4 is 50.1 Å². The lowest BCUT2D eigenvalue weighted by Crippen LogP contribution is -2.15. The number of hydrogen-bond donors (Lipinski definition) is 1. The van der Waals surface area contributed by atoms with Gasteiger partial charge >= 0.3 is 0 Å². The summed E-state index contributed by atoms with van der Waals surface area (Å²) in [6.45, 7) is 1.97. The van der Waals surface area contributed by atoms with E-state index >= 15 is 0 Å². The fourth-order valence-corrected chi connectivity index (χ4v) is 2.58. The van der Waals surface area contributed by atoms with Crippen molar-refractivity contribution in [1.29, 1.82) is 0 Å². The van der Waals surface area contributed by atoms with Gasteiger partial charge < -0.3 is 4.98 Å². The summed E-state index contributed by atoms with van der Waals surface area (Å²) in [5, 5.41) is 0.590. The van der Waals surface area contributed by atoms with Gasteiger partial charge in [0.05, 0.1) is 14.3 Å². The molecule has 0 saturated carbocycles. The van der Waals surface area contributed by atoms with Gasteiger partial charge in [0, 0.05) is 10.0 Å². The zero-order valence-electron chi connectivity index (χ0n) is 9.43. The Morgan fingerprint density at radius 1 is 1.50 bits per heavy atom. The first kappa shape index (κ1) is 14.0. The lowest BCUT2D eigenvalue weighted by molar-refractivity contribution is 0.968. The summed E-state index contributed by atoms with van der Waals surface area (Å²) in [6, 6.07) is 5.47. The second-order valence-corrected chi connectivity index (χ2v) is 6.00. The minimum Gasteiger partial charge on any atom is -0.306 e. The Balaban J connectivity index is 2.60. The molecule has 1 aromatic heterocycles. The van der Waals surface area contributed by atoms with Crippen LogP contribution in [-0.2, 0) is 6.42 Å². The lowest BCUT2D eigenvalue weighted by Gasteiger charge is -2.06. The molecular weight excluding hydrogens is 430 g/mol. The summed E-state index contributed by atoms with van der Waals surface area (Å²) in [5.74, 6) is 0.548. The van der Waals surface area contributed by atoms with E-state index in [1.807, 2.05) is 41.6 Å². The Kier molecular flexibility index (Phi) is 4.45. The lowest BCUT2D eigenvalue weighted by atomic mass is 10.2. The first-order chi connectivity index (χ1) is 8.52. The van der Waals surface area contributed by atoms with E-state index in [4.69, 9.17) is 11.6 Å². The van der Waals surface area contributed by atoms with Crippen LogP contribution in [0.3, 0.4) is 0 Å². The van der Waals surface area contributed by atoms with Gasteiger partial charge in [-0.2, -0.15) is 0 Å². The van der Waals surface area contributed by atoms with Crippen LogP contribution >= 0.6 is 50.1 Å². The van der Waals surface area contributed by atoms with Crippen LogP contribution in [0, 0.1) is 3.57 Å². The molecule has 2 aromatic rings. The Bertz CT molecular complexity index is 657. The Morgan fingerprint density at radius 2 is 2.22 bits per heavy atom. The van der Waals surface area contributed by atoms with Crippen molar-refractivity contribution in [3.8, 4) is 11.4 Å². The Labute approximate surface area is 131 Å². The van der Waals surface area contributed by atoms with Gasteiger partial charge in [-0.05, 0) is 57.1 Å². The van der Waals surface area contributed by atoms with Crippen molar-refractivity contribution < 1.29 is 0 Å². The molecule has 0 aliphatic heterocycles. The van der Waals surface area contributed by atoms with E-state index in [0.29, 0.717) is 14.4 Å². The molecule has 94 valence electrons. The van der Waals surface area contributed by atoms with Crippen LogP contribution in [0.4, 0.5) is 0 Å². The van der Waals surface area contributed by atoms with Crippen LogP contribution in [-0.4, -0.2) is 9.97 Å². The maximum atomic E-state index is 11.8. The zero-order valence-corrected chi connectivity index (χ0v) is 13.9. The largest absolute Gasteiger partial charge is 0.306 e. The van der Waals surface area contributed by atoms with Crippen LogP contribution < -0.4 is 5.56 Å². The van der Waals surface area contributed by atoms with Crippen molar-refractivity contribution in [2.75, 3.05) is 0 Å². The molecule has 1 heterocycles. The van der Waals surface area contributed by atoms with Gasteiger partial charge in [-0.1, -0.05) is 24.6 Å². The van der Waals surface area contributed by atoms with E-state index in [2.05, 4.69) is 25.9 Å². The number of aromatic nitrogens is 2. The number of nitrogens with zero attached hydrogens (tertiary/aromatic N) is 1. The van der Waals surface area contributed by atoms with Crippen molar-refractivity contribution in [1.82, 2.24) is 9.97 Å².